The van der Waals surface area contributed by atoms with Gasteiger partial charge in [0.15, 0.2) is 0 Å². The lowest BCUT2D eigenvalue weighted by atomic mass is 9.75. The molecular formula is C22H26F3N5O. The Morgan fingerprint density at radius 1 is 1.19 bits per heavy atom. The number of halogens is 3. The van der Waals surface area contributed by atoms with Crippen LogP contribution in [-0.4, -0.2) is 51.7 Å². The number of hydrogen-bond acceptors (Lipinski definition) is 4. The highest BCUT2D eigenvalue weighted by Gasteiger charge is 2.57. The number of carbonyl (C=O) groups is 1. The van der Waals surface area contributed by atoms with Crippen molar-refractivity contribution >= 4 is 11.6 Å². The summed E-state index contributed by atoms with van der Waals surface area (Å²) in [5.74, 6) is 0.721. The minimum atomic E-state index is -4.17. The molecule has 2 aromatic rings. The molecule has 0 bridgehead atoms. The maximum atomic E-state index is 13.5. The Kier molecular flexibility index (Phi) is 4.84. The SMILES string of the molecule is CN1CC2(C1)C(=O)N(Cc1nc3c(n1CCCC(F)(F)F)CCCC3)c1cnccc12. The first-order valence-corrected chi connectivity index (χ1v) is 10.9. The second kappa shape index (κ2) is 7.32. The number of rotatable bonds is 5. The van der Waals surface area contributed by atoms with Crippen molar-refractivity contribution in [2.75, 3.05) is 25.0 Å². The van der Waals surface area contributed by atoms with E-state index in [1.54, 1.807) is 17.3 Å². The molecule has 0 unspecified atom stereocenters. The average molecular weight is 433 g/mol. The van der Waals surface area contributed by atoms with Crippen molar-refractivity contribution in [2.45, 2.75) is 63.2 Å². The number of pyridine rings is 1. The van der Waals surface area contributed by atoms with Crippen LogP contribution in [0.4, 0.5) is 18.9 Å². The fraction of sp³-hybridized carbons (Fsp3) is 0.591. The normalized spacial score (nSPS) is 20.1. The first-order valence-electron chi connectivity index (χ1n) is 10.9. The molecule has 5 rings (SSSR count). The number of likely N-dealkylation sites (N-methyl/N-ethyl adjacent to an activating group) is 1. The number of alkyl halides is 3. The van der Waals surface area contributed by atoms with Gasteiger partial charge in [-0.1, -0.05) is 0 Å². The average Bonchev–Trinajstić information content (AvgIpc) is 3.16. The van der Waals surface area contributed by atoms with Crippen LogP contribution in [0.2, 0.25) is 0 Å². The summed E-state index contributed by atoms with van der Waals surface area (Å²) in [6.45, 7) is 1.86. The Balaban J connectivity index is 1.46. The summed E-state index contributed by atoms with van der Waals surface area (Å²) in [5.41, 5.74) is 3.26. The second-order valence-electron chi connectivity index (χ2n) is 9.04. The molecule has 1 fully saturated rings. The number of aromatic nitrogens is 3. The van der Waals surface area contributed by atoms with E-state index >= 15 is 0 Å². The molecule has 3 aliphatic rings. The monoisotopic (exact) mass is 433 g/mol. The van der Waals surface area contributed by atoms with Gasteiger partial charge in [-0.25, -0.2) is 4.98 Å². The molecule has 1 spiro atoms. The highest BCUT2D eigenvalue weighted by atomic mass is 19.4. The first kappa shape index (κ1) is 20.5. The van der Waals surface area contributed by atoms with Gasteiger partial charge in [-0.05, 0) is 50.8 Å². The minimum Gasteiger partial charge on any atom is -0.330 e. The summed E-state index contributed by atoms with van der Waals surface area (Å²) in [6, 6.07) is 1.92. The van der Waals surface area contributed by atoms with Crippen LogP contribution in [0.5, 0.6) is 0 Å². The number of nitrogens with zero attached hydrogens (tertiary/aromatic N) is 5. The molecule has 0 N–H and O–H groups in total. The van der Waals surface area contributed by atoms with Crippen molar-refractivity contribution in [3.05, 3.63) is 41.2 Å². The van der Waals surface area contributed by atoms with Crippen molar-refractivity contribution in [2.24, 2.45) is 0 Å². The molecule has 1 aliphatic carbocycles. The molecule has 166 valence electrons. The lowest BCUT2D eigenvalue weighted by Gasteiger charge is -2.44. The minimum absolute atomic E-state index is 0.0140. The van der Waals surface area contributed by atoms with Gasteiger partial charge in [0.05, 0.1) is 24.1 Å². The molecule has 0 radical (unpaired) electrons. The molecule has 2 aromatic heterocycles. The van der Waals surface area contributed by atoms with Crippen LogP contribution in [0, 0.1) is 0 Å². The summed E-state index contributed by atoms with van der Waals surface area (Å²) in [4.78, 5) is 26.4. The standard InChI is InChI=1S/C22H26F3N5O/c1-28-13-21(14-28)15-7-9-26-11-18(15)30(20(21)31)12-19-27-16-5-2-3-6-17(16)29(19)10-4-8-22(23,24)25/h7,9,11H,2-6,8,10,12-14H2,1H3. The Morgan fingerprint density at radius 3 is 2.71 bits per heavy atom. The van der Waals surface area contributed by atoms with Crippen molar-refractivity contribution in [1.29, 1.82) is 0 Å². The molecule has 1 saturated heterocycles. The van der Waals surface area contributed by atoms with Gasteiger partial charge < -0.3 is 14.4 Å². The Morgan fingerprint density at radius 2 is 1.97 bits per heavy atom. The molecule has 0 atom stereocenters. The second-order valence-corrected chi connectivity index (χ2v) is 9.04. The number of anilines is 1. The van der Waals surface area contributed by atoms with Crippen molar-refractivity contribution in [1.82, 2.24) is 19.4 Å². The van der Waals surface area contributed by atoms with Crippen LogP contribution in [-0.2, 0) is 36.1 Å². The zero-order valence-corrected chi connectivity index (χ0v) is 17.6. The van der Waals surface area contributed by atoms with E-state index in [0.717, 1.165) is 48.3 Å². The zero-order valence-electron chi connectivity index (χ0n) is 17.6. The number of likely N-dealkylation sites (tertiary alicyclic amines) is 1. The third kappa shape index (κ3) is 3.43. The molecule has 31 heavy (non-hydrogen) atoms. The predicted molar refractivity (Wildman–Crippen MR) is 109 cm³/mol. The highest BCUT2D eigenvalue weighted by Crippen LogP contribution is 2.47. The smallest absolute Gasteiger partial charge is 0.330 e. The summed E-state index contributed by atoms with van der Waals surface area (Å²) in [6.07, 6.45) is 2.19. The summed E-state index contributed by atoms with van der Waals surface area (Å²) in [7, 11) is 1.99. The van der Waals surface area contributed by atoms with Crippen LogP contribution in [0.25, 0.3) is 0 Å². The Bertz CT molecular complexity index is 1010. The molecule has 0 saturated carbocycles. The lowest BCUT2D eigenvalue weighted by Crippen LogP contribution is -2.62. The van der Waals surface area contributed by atoms with Gasteiger partial charge in [-0.3, -0.25) is 9.78 Å². The summed E-state index contributed by atoms with van der Waals surface area (Å²) in [5, 5.41) is 0. The first-order chi connectivity index (χ1) is 14.8. The maximum absolute atomic E-state index is 13.5. The van der Waals surface area contributed by atoms with E-state index in [1.165, 1.54) is 0 Å². The topological polar surface area (TPSA) is 54.3 Å². The van der Waals surface area contributed by atoms with Gasteiger partial charge in [0.25, 0.3) is 0 Å². The Labute approximate surface area is 179 Å². The third-order valence-electron chi connectivity index (χ3n) is 6.79. The number of imidazole rings is 1. The van der Waals surface area contributed by atoms with E-state index in [-0.39, 0.29) is 25.4 Å². The van der Waals surface area contributed by atoms with E-state index in [9.17, 15) is 18.0 Å². The van der Waals surface area contributed by atoms with Crippen LogP contribution in [0.15, 0.2) is 18.5 Å². The quantitative estimate of drug-likeness (QED) is 0.727. The fourth-order valence-corrected chi connectivity index (χ4v) is 5.45. The van der Waals surface area contributed by atoms with E-state index in [4.69, 9.17) is 4.98 Å². The molecule has 2 aliphatic heterocycles. The van der Waals surface area contributed by atoms with Crippen molar-refractivity contribution in [3.8, 4) is 0 Å². The number of aryl methyl sites for hydroxylation is 1. The number of amides is 1. The molecule has 4 heterocycles. The van der Waals surface area contributed by atoms with E-state index in [2.05, 4.69) is 9.88 Å². The van der Waals surface area contributed by atoms with Gasteiger partial charge in [0.1, 0.15) is 11.2 Å². The Hall–Kier alpha value is -2.42. The van der Waals surface area contributed by atoms with Gasteiger partial charge in [-0.2, -0.15) is 13.2 Å². The molecule has 6 nitrogen and oxygen atoms in total. The van der Waals surface area contributed by atoms with E-state index in [1.807, 2.05) is 17.7 Å². The van der Waals surface area contributed by atoms with Gasteiger partial charge in [0, 0.05) is 37.9 Å². The highest BCUT2D eigenvalue weighted by molar-refractivity contribution is 6.09. The van der Waals surface area contributed by atoms with Crippen LogP contribution < -0.4 is 4.90 Å². The predicted octanol–water partition coefficient (Wildman–Crippen LogP) is 3.23. The summed E-state index contributed by atoms with van der Waals surface area (Å²) < 4.78 is 40.2. The molecule has 0 aromatic carbocycles. The molecular weight excluding hydrogens is 407 g/mol. The zero-order chi connectivity index (χ0) is 21.8. The van der Waals surface area contributed by atoms with Gasteiger partial charge in [0.2, 0.25) is 5.91 Å². The van der Waals surface area contributed by atoms with Gasteiger partial charge in [-0.15, -0.1) is 0 Å². The largest absolute Gasteiger partial charge is 0.389 e. The number of fused-ring (bicyclic) bond motifs is 3. The van der Waals surface area contributed by atoms with Crippen LogP contribution >= 0.6 is 0 Å². The van der Waals surface area contributed by atoms with Crippen molar-refractivity contribution < 1.29 is 18.0 Å². The molecule has 1 amide bonds. The summed E-state index contributed by atoms with van der Waals surface area (Å²) >= 11 is 0. The molecule has 9 heteroatoms. The van der Waals surface area contributed by atoms with E-state index in [0.29, 0.717) is 18.9 Å². The van der Waals surface area contributed by atoms with E-state index < -0.39 is 18.0 Å². The lowest BCUT2D eigenvalue weighted by molar-refractivity contribution is -0.136. The number of hydrogen-bond donors (Lipinski definition) is 0. The van der Waals surface area contributed by atoms with Crippen LogP contribution in [0.3, 0.4) is 0 Å². The van der Waals surface area contributed by atoms with Gasteiger partial charge >= 0.3 is 6.18 Å². The maximum Gasteiger partial charge on any atom is 0.389 e. The number of carbonyl (C=O) groups excluding carboxylic acids is 1. The third-order valence-corrected chi connectivity index (χ3v) is 6.79. The van der Waals surface area contributed by atoms with Crippen LogP contribution in [0.1, 0.15) is 48.5 Å². The van der Waals surface area contributed by atoms with Crippen molar-refractivity contribution in [3.63, 3.8) is 0 Å². The fourth-order valence-electron chi connectivity index (χ4n) is 5.45.